The smallest absolute Gasteiger partial charge is 0.258 e. The van der Waals surface area contributed by atoms with Crippen LogP contribution in [0.5, 0.6) is 0 Å². The average Bonchev–Trinajstić information content (AvgIpc) is 3.49. The number of amides is 1. The number of aromatic amines is 1. The number of nitrogens with one attached hydrogen (secondary N) is 2. The molecule has 8 nitrogen and oxygen atoms in total. The zero-order valence-electron chi connectivity index (χ0n) is 18.3. The first kappa shape index (κ1) is 21.1. The Morgan fingerprint density at radius 3 is 2.94 bits per heavy atom. The second kappa shape index (κ2) is 9.01. The third-order valence-corrected chi connectivity index (χ3v) is 5.98. The van der Waals surface area contributed by atoms with Crippen LogP contribution in [0.4, 0.5) is 10.1 Å². The van der Waals surface area contributed by atoms with Crippen molar-refractivity contribution >= 4 is 22.6 Å². The van der Waals surface area contributed by atoms with Crippen molar-refractivity contribution in [1.82, 2.24) is 25.4 Å². The summed E-state index contributed by atoms with van der Waals surface area (Å²) < 4.78 is 20.2. The molecule has 9 heteroatoms. The fourth-order valence-electron chi connectivity index (χ4n) is 4.23. The summed E-state index contributed by atoms with van der Waals surface area (Å²) in [5.74, 6) is 0.972. The molecule has 33 heavy (non-hydrogen) atoms. The van der Waals surface area contributed by atoms with E-state index in [1.165, 1.54) is 6.07 Å². The highest BCUT2D eigenvalue weighted by Crippen LogP contribution is 2.29. The normalized spacial score (nSPS) is 16.3. The molecular weight excluding hydrogens is 423 g/mol. The Balaban J connectivity index is 1.23. The molecular formula is C24H25FN6O2. The third-order valence-electron chi connectivity index (χ3n) is 5.98. The lowest BCUT2D eigenvalue weighted by atomic mass is 9.96. The molecule has 1 amide bonds. The van der Waals surface area contributed by atoms with E-state index in [1.807, 2.05) is 36.1 Å². The molecule has 2 N–H and O–H groups in total. The summed E-state index contributed by atoms with van der Waals surface area (Å²) in [6.45, 7) is 3.42. The summed E-state index contributed by atoms with van der Waals surface area (Å²) in [7, 11) is 0. The number of benzene rings is 2. The average molecular weight is 449 g/mol. The van der Waals surface area contributed by atoms with Crippen LogP contribution in [-0.4, -0.2) is 39.1 Å². The van der Waals surface area contributed by atoms with E-state index in [0.717, 1.165) is 23.9 Å². The first-order valence-corrected chi connectivity index (χ1v) is 11.2. The fraction of sp³-hybridized carbons (Fsp3) is 0.333. The zero-order valence-corrected chi connectivity index (χ0v) is 18.3. The highest BCUT2D eigenvalue weighted by Gasteiger charge is 2.27. The minimum absolute atomic E-state index is 0.0462. The van der Waals surface area contributed by atoms with Crippen LogP contribution in [0.1, 0.15) is 31.4 Å². The van der Waals surface area contributed by atoms with Gasteiger partial charge >= 0.3 is 0 Å². The van der Waals surface area contributed by atoms with Gasteiger partial charge in [0.2, 0.25) is 5.91 Å². The van der Waals surface area contributed by atoms with Crippen LogP contribution in [0.15, 0.2) is 47.0 Å². The summed E-state index contributed by atoms with van der Waals surface area (Å²) in [5, 5.41) is 6.84. The number of rotatable bonds is 6. The van der Waals surface area contributed by atoms with Crippen molar-refractivity contribution in [3.05, 3.63) is 59.9 Å². The molecule has 0 bridgehead atoms. The maximum absolute atomic E-state index is 15.0. The lowest BCUT2D eigenvalue weighted by Gasteiger charge is -2.34. The Kier molecular flexibility index (Phi) is 5.77. The van der Waals surface area contributed by atoms with E-state index >= 15 is 0 Å². The first-order chi connectivity index (χ1) is 16.1. The summed E-state index contributed by atoms with van der Waals surface area (Å²) in [5.41, 5.74) is 2.83. The van der Waals surface area contributed by atoms with E-state index in [4.69, 9.17) is 4.52 Å². The molecule has 0 radical (unpaired) electrons. The monoisotopic (exact) mass is 448 g/mol. The van der Waals surface area contributed by atoms with Gasteiger partial charge in [0, 0.05) is 25.1 Å². The van der Waals surface area contributed by atoms with E-state index in [9.17, 15) is 9.18 Å². The van der Waals surface area contributed by atoms with E-state index in [0.29, 0.717) is 54.8 Å². The highest BCUT2D eigenvalue weighted by atomic mass is 19.1. The Bertz CT molecular complexity index is 1250. The van der Waals surface area contributed by atoms with Crippen molar-refractivity contribution in [3.8, 4) is 11.5 Å². The molecule has 1 unspecified atom stereocenters. The molecule has 1 aliphatic rings. The van der Waals surface area contributed by atoms with Gasteiger partial charge in [0.15, 0.2) is 5.82 Å². The van der Waals surface area contributed by atoms with Gasteiger partial charge in [-0.1, -0.05) is 24.2 Å². The van der Waals surface area contributed by atoms with Crippen LogP contribution < -0.4 is 10.2 Å². The molecule has 3 heterocycles. The van der Waals surface area contributed by atoms with Crippen molar-refractivity contribution in [2.75, 3.05) is 18.0 Å². The Morgan fingerprint density at radius 2 is 2.15 bits per heavy atom. The molecule has 1 atom stereocenters. The maximum Gasteiger partial charge on any atom is 0.258 e. The molecule has 0 spiro atoms. The number of halogens is 1. The number of para-hydroxylation sites is 2. The van der Waals surface area contributed by atoms with Gasteiger partial charge in [-0.05, 0) is 43.2 Å². The van der Waals surface area contributed by atoms with E-state index in [-0.39, 0.29) is 17.6 Å². The molecule has 4 aromatic rings. The van der Waals surface area contributed by atoms with Crippen LogP contribution in [-0.2, 0) is 17.8 Å². The number of hydrogen-bond donors (Lipinski definition) is 2. The minimum atomic E-state index is -0.368. The van der Waals surface area contributed by atoms with E-state index in [2.05, 4.69) is 25.4 Å². The molecule has 5 rings (SSSR count). The number of imidazole rings is 1. The van der Waals surface area contributed by atoms with Crippen LogP contribution in [0.25, 0.3) is 22.5 Å². The van der Waals surface area contributed by atoms with Crippen molar-refractivity contribution < 1.29 is 13.7 Å². The number of nitrogens with zero attached hydrogens (tertiary/aromatic N) is 4. The lowest BCUT2D eigenvalue weighted by molar-refractivity contribution is -0.125. The van der Waals surface area contributed by atoms with Crippen molar-refractivity contribution in [1.29, 1.82) is 0 Å². The highest BCUT2D eigenvalue weighted by molar-refractivity contribution is 5.80. The Morgan fingerprint density at radius 1 is 1.27 bits per heavy atom. The summed E-state index contributed by atoms with van der Waals surface area (Å²) in [6.07, 6.45) is 2.23. The predicted molar refractivity (Wildman–Crippen MR) is 122 cm³/mol. The number of fused-ring (bicyclic) bond motifs is 1. The number of anilines is 1. The van der Waals surface area contributed by atoms with Crippen LogP contribution in [0.2, 0.25) is 0 Å². The summed E-state index contributed by atoms with van der Waals surface area (Å²) in [4.78, 5) is 26.7. The quantitative estimate of drug-likeness (QED) is 0.465. The number of piperidine rings is 1. The van der Waals surface area contributed by atoms with Crippen molar-refractivity contribution in [2.24, 2.45) is 5.92 Å². The first-order valence-electron chi connectivity index (χ1n) is 11.2. The van der Waals surface area contributed by atoms with E-state index in [1.54, 1.807) is 12.1 Å². The molecule has 2 aromatic heterocycles. The largest absolute Gasteiger partial charge is 0.368 e. The molecule has 0 aliphatic carbocycles. The van der Waals surface area contributed by atoms with Gasteiger partial charge in [-0.2, -0.15) is 4.98 Å². The summed E-state index contributed by atoms with van der Waals surface area (Å²) in [6, 6.07) is 12.7. The number of H-pyrrole nitrogens is 1. The van der Waals surface area contributed by atoms with Crippen molar-refractivity contribution in [2.45, 2.75) is 32.7 Å². The minimum Gasteiger partial charge on any atom is -0.368 e. The molecule has 170 valence electrons. The van der Waals surface area contributed by atoms with Gasteiger partial charge in [-0.25, -0.2) is 9.37 Å². The number of aromatic nitrogens is 4. The van der Waals surface area contributed by atoms with Crippen molar-refractivity contribution in [3.63, 3.8) is 0 Å². The standard InChI is InChI=1S/C24H25FN6O2/c1-2-21-29-24(33-30-21)15-9-10-20(17(25)12-15)31-11-5-6-16(14-31)23(32)26-13-22-27-18-7-3-4-8-19(18)28-22/h3-4,7-10,12,16H,2,5-6,11,13-14H2,1H3,(H,26,32)(H,27,28). The number of carbonyl (C=O) groups excluding carboxylic acids is 1. The predicted octanol–water partition coefficient (Wildman–Crippen LogP) is 3.85. The van der Waals surface area contributed by atoms with E-state index < -0.39 is 0 Å². The fourth-order valence-corrected chi connectivity index (χ4v) is 4.23. The maximum atomic E-state index is 15.0. The van der Waals surface area contributed by atoms with Crippen LogP contribution >= 0.6 is 0 Å². The zero-order chi connectivity index (χ0) is 22.8. The second-order valence-corrected chi connectivity index (χ2v) is 8.24. The molecule has 1 fully saturated rings. The SMILES string of the molecule is CCc1noc(-c2ccc(N3CCCC(C(=O)NCc4nc5ccccc5[nH]4)C3)c(F)c2)n1. The Labute approximate surface area is 190 Å². The van der Waals surface area contributed by atoms with Gasteiger partial charge in [-0.15, -0.1) is 0 Å². The van der Waals surface area contributed by atoms with Crippen LogP contribution in [0.3, 0.4) is 0 Å². The molecule has 1 saturated heterocycles. The van der Waals surface area contributed by atoms with Gasteiger partial charge in [0.25, 0.3) is 5.89 Å². The lowest BCUT2D eigenvalue weighted by Crippen LogP contribution is -2.43. The second-order valence-electron chi connectivity index (χ2n) is 8.24. The number of aryl methyl sites for hydroxylation is 1. The number of hydrogen-bond acceptors (Lipinski definition) is 6. The third kappa shape index (κ3) is 4.44. The molecule has 1 aliphatic heterocycles. The topological polar surface area (TPSA) is 99.9 Å². The Hall–Kier alpha value is -3.75. The van der Waals surface area contributed by atoms with Gasteiger partial charge in [0.1, 0.15) is 11.6 Å². The number of carbonyl (C=O) groups is 1. The summed E-state index contributed by atoms with van der Waals surface area (Å²) >= 11 is 0. The molecule has 0 saturated carbocycles. The van der Waals surface area contributed by atoms with Crippen LogP contribution in [0, 0.1) is 11.7 Å². The van der Waals surface area contributed by atoms with Gasteiger partial charge in [0.05, 0.1) is 29.2 Å². The van der Waals surface area contributed by atoms with Gasteiger partial charge in [-0.3, -0.25) is 4.79 Å². The van der Waals surface area contributed by atoms with Gasteiger partial charge < -0.3 is 19.7 Å². The molecule has 2 aromatic carbocycles.